The van der Waals surface area contributed by atoms with Gasteiger partial charge in [-0.1, -0.05) is 6.92 Å². The van der Waals surface area contributed by atoms with E-state index >= 15 is 0 Å². The third kappa shape index (κ3) is 5.02. The lowest BCUT2D eigenvalue weighted by atomic mass is 10.1. The van der Waals surface area contributed by atoms with E-state index in [2.05, 4.69) is 0 Å². The molecule has 0 aromatic heterocycles. The molecule has 0 amide bonds. The fraction of sp³-hybridized carbons (Fsp3) is 0.571. The maximum Gasteiger partial charge on any atom is 0.150 e. The van der Waals surface area contributed by atoms with Crippen LogP contribution in [0.3, 0.4) is 0 Å². The Kier molecular flexibility index (Phi) is 6.29. The number of rotatable bonds is 8. The SMILES string of the molecule is CCS(=O)(=O)CCCOc1cc(OC)ccc1[C@@H](C)O. The molecule has 0 spiro atoms. The molecule has 1 aromatic rings. The van der Waals surface area contributed by atoms with Crippen LogP contribution >= 0.6 is 0 Å². The van der Waals surface area contributed by atoms with Gasteiger partial charge < -0.3 is 14.6 Å². The third-order valence-electron chi connectivity index (χ3n) is 2.97. The molecule has 114 valence electrons. The third-order valence-corrected chi connectivity index (χ3v) is 4.76. The van der Waals surface area contributed by atoms with Crippen LogP contribution in [-0.4, -0.2) is 38.7 Å². The summed E-state index contributed by atoms with van der Waals surface area (Å²) >= 11 is 0. The second-order valence-corrected chi connectivity index (χ2v) is 6.99. The predicted molar refractivity (Wildman–Crippen MR) is 78.1 cm³/mol. The molecule has 0 saturated carbocycles. The smallest absolute Gasteiger partial charge is 0.150 e. The Morgan fingerprint density at radius 3 is 2.60 bits per heavy atom. The molecule has 5 nitrogen and oxygen atoms in total. The highest BCUT2D eigenvalue weighted by Crippen LogP contribution is 2.29. The van der Waals surface area contributed by atoms with Gasteiger partial charge in [0.2, 0.25) is 0 Å². The summed E-state index contributed by atoms with van der Waals surface area (Å²) in [5, 5.41) is 9.68. The summed E-state index contributed by atoms with van der Waals surface area (Å²) in [6.45, 7) is 3.56. The van der Waals surface area contributed by atoms with Crippen molar-refractivity contribution in [2.75, 3.05) is 25.2 Å². The van der Waals surface area contributed by atoms with E-state index < -0.39 is 15.9 Å². The van der Waals surface area contributed by atoms with E-state index in [1.54, 1.807) is 39.2 Å². The zero-order chi connectivity index (χ0) is 15.2. The van der Waals surface area contributed by atoms with E-state index in [0.29, 0.717) is 23.5 Å². The molecule has 6 heteroatoms. The molecule has 0 unspecified atom stereocenters. The number of sulfone groups is 1. The largest absolute Gasteiger partial charge is 0.497 e. The van der Waals surface area contributed by atoms with Crippen LogP contribution in [0.4, 0.5) is 0 Å². The van der Waals surface area contributed by atoms with Gasteiger partial charge in [0, 0.05) is 17.4 Å². The Labute approximate surface area is 120 Å². The van der Waals surface area contributed by atoms with Gasteiger partial charge in [0.1, 0.15) is 21.3 Å². The van der Waals surface area contributed by atoms with E-state index in [0.717, 1.165) is 0 Å². The second kappa shape index (κ2) is 7.50. The van der Waals surface area contributed by atoms with E-state index in [1.807, 2.05) is 0 Å². The Morgan fingerprint density at radius 2 is 2.05 bits per heavy atom. The van der Waals surface area contributed by atoms with Crippen LogP contribution in [0.2, 0.25) is 0 Å². The first-order valence-electron chi connectivity index (χ1n) is 6.59. The monoisotopic (exact) mass is 302 g/mol. The summed E-state index contributed by atoms with van der Waals surface area (Å²) in [7, 11) is -1.42. The Bertz CT molecular complexity index is 522. The number of hydrogen-bond acceptors (Lipinski definition) is 5. The molecule has 0 aliphatic carbocycles. The van der Waals surface area contributed by atoms with Gasteiger partial charge in [0.05, 0.1) is 25.6 Å². The van der Waals surface area contributed by atoms with E-state index in [1.165, 1.54) is 0 Å². The first kappa shape index (κ1) is 16.8. The lowest BCUT2D eigenvalue weighted by Crippen LogP contribution is -2.12. The van der Waals surface area contributed by atoms with Crippen LogP contribution in [0.1, 0.15) is 31.9 Å². The molecule has 0 fully saturated rings. The molecule has 1 rings (SSSR count). The number of ether oxygens (including phenoxy) is 2. The Morgan fingerprint density at radius 1 is 1.35 bits per heavy atom. The number of aliphatic hydroxyl groups is 1. The zero-order valence-corrected chi connectivity index (χ0v) is 12.9. The zero-order valence-electron chi connectivity index (χ0n) is 12.1. The van der Waals surface area contributed by atoms with Crippen molar-refractivity contribution in [1.82, 2.24) is 0 Å². The van der Waals surface area contributed by atoms with Gasteiger partial charge in [-0.15, -0.1) is 0 Å². The average Bonchev–Trinajstić information content (AvgIpc) is 2.43. The standard InChI is InChI=1S/C14H22O5S/c1-4-20(16,17)9-5-8-19-14-10-12(18-3)6-7-13(14)11(2)15/h6-7,10-11,15H,4-5,8-9H2,1-3H3/t11-/m1/s1. The van der Waals surface area contributed by atoms with Crippen molar-refractivity contribution >= 4 is 9.84 Å². The summed E-state index contributed by atoms with van der Waals surface area (Å²) in [5.41, 5.74) is 0.657. The predicted octanol–water partition coefficient (Wildman–Crippen LogP) is 1.95. The molecule has 0 aliphatic heterocycles. The Balaban J connectivity index is 2.66. The van der Waals surface area contributed by atoms with Gasteiger partial charge in [0.25, 0.3) is 0 Å². The molecule has 1 aromatic carbocycles. The lowest BCUT2D eigenvalue weighted by Gasteiger charge is -2.14. The number of methoxy groups -OCH3 is 1. The Hall–Kier alpha value is -1.27. The van der Waals surface area contributed by atoms with Crippen LogP contribution in [0, 0.1) is 0 Å². The van der Waals surface area contributed by atoms with Crippen molar-refractivity contribution in [3.05, 3.63) is 23.8 Å². The summed E-state index contributed by atoms with van der Waals surface area (Å²) in [4.78, 5) is 0. The topological polar surface area (TPSA) is 72.8 Å². The fourth-order valence-electron chi connectivity index (χ4n) is 1.72. The number of aliphatic hydroxyl groups excluding tert-OH is 1. The maximum atomic E-state index is 11.4. The minimum Gasteiger partial charge on any atom is -0.497 e. The van der Waals surface area contributed by atoms with Gasteiger partial charge in [-0.05, 0) is 25.5 Å². The molecule has 1 N–H and O–H groups in total. The van der Waals surface area contributed by atoms with Crippen LogP contribution in [-0.2, 0) is 9.84 Å². The van der Waals surface area contributed by atoms with Crippen molar-refractivity contribution in [2.24, 2.45) is 0 Å². The van der Waals surface area contributed by atoms with Crippen molar-refractivity contribution < 1.29 is 23.0 Å². The van der Waals surface area contributed by atoms with Crippen molar-refractivity contribution in [1.29, 1.82) is 0 Å². The molecular formula is C14H22O5S. The van der Waals surface area contributed by atoms with Gasteiger partial charge >= 0.3 is 0 Å². The highest BCUT2D eigenvalue weighted by molar-refractivity contribution is 7.91. The molecule has 0 bridgehead atoms. The van der Waals surface area contributed by atoms with E-state index in [9.17, 15) is 13.5 Å². The average molecular weight is 302 g/mol. The van der Waals surface area contributed by atoms with Crippen molar-refractivity contribution in [2.45, 2.75) is 26.4 Å². The minimum atomic E-state index is -2.97. The fourth-order valence-corrected chi connectivity index (χ4v) is 2.56. The van der Waals surface area contributed by atoms with E-state index in [4.69, 9.17) is 9.47 Å². The summed E-state index contributed by atoms with van der Waals surface area (Å²) in [6.07, 6.45) is -0.234. The first-order chi connectivity index (χ1) is 9.39. The van der Waals surface area contributed by atoms with Gasteiger partial charge in [-0.25, -0.2) is 8.42 Å². The highest BCUT2D eigenvalue weighted by atomic mass is 32.2. The van der Waals surface area contributed by atoms with Crippen molar-refractivity contribution in [3.8, 4) is 11.5 Å². The van der Waals surface area contributed by atoms with Crippen LogP contribution in [0.15, 0.2) is 18.2 Å². The van der Waals surface area contributed by atoms with Crippen LogP contribution < -0.4 is 9.47 Å². The van der Waals surface area contributed by atoms with Crippen molar-refractivity contribution in [3.63, 3.8) is 0 Å². The minimum absolute atomic E-state index is 0.109. The molecule has 0 saturated heterocycles. The molecule has 0 aliphatic rings. The number of hydrogen-bond donors (Lipinski definition) is 1. The molecule has 0 heterocycles. The van der Waals surface area contributed by atoms with Gasteiger partial charge in [0.15, 0.2) is 0 Å². The van der Waals surface area contributed by atoms with Crippen LogP contribution in [0.25, 0.3) is 0 Å². The maximum absolute atomic E-state index is 11.4. The summed E-state index contributed by atoms with van der Waals surface area (Å²) in [6, 6.07) is 5.18. The normalized spacial score (nSPS) is 13.0. The quantitative estimate of drug-likeness (QED) is 0.743. The second-order valence-electron chi connectivity index (χ2n) is 4.52. The van der Waals surface area contributed by atoms with E-state index in [-0.39, 0.29) is 18.1 Å². The molecular weight excluding hydrogens is 280 g/mol. The van der Waals surface area contributed by atoms with Crippen LogP contribution in [0.5, 0.6) is 11.5 Å². The van der Waals surface area contributed by atoms with Gasteiger partial charge in [-0.3, -0.25) is 0 Å². The summed E-state index contributed by atoms with van der Waals surface area (Å²) < 4.78 is 33.4. The lowest BCUT2D eigenvalue weighted by molar-refractivity contribution is 0.191. The molecule has 1 atom stereocenters. The summed E-state index contributed by atoms with van der Waals surface area (Å²) in [5.74, 6) is 1.40. The highest BCUT2D eigenvalue weighted by Gasteiger charge is 2.12. The number of benzene rings is 1. The molecule has 20 heavy (non-hydrogen) atoms. The molecule has 0 radical (unpaired) electrons. The van der Waals surface area contributed by atoms with Gasteiger partial charge in [-0.2, -0.15) is 0 Å². The first-order valence-corrected chi connectivity index (χ1v) is 8.41.